The molecule has 6 heterocycles. The molecule has 6 aliphatic rings. The minimum absolute atomic E-state index is 0.0327. The van der Waals surface area contributed by atoms with Gasteiger partial charge in [0.15, 0.2) is 25.2 Å². The minimum atomic E-state index is -1.19. The molecule has 0 spiro atoms. The van der Waals surface area contributed by atoms with Gasteiger partial charge >= 0.3 is 0 Å². The van der Waals surface area contributed by atoms with E-state index in [1.165, 1.54) is 0 Å². The van der Waals surface area contributed by atoms with Gasteiger partial charge in [0.1, 0.15) is 73.2 Å². The molecule has 13 rings (SSSR count). The first-order valence-electron chi connectivity index (χ1n) is 29.8. The summed E-state index contributed by atoms with van der Waals surface area (Å²) in [7, 11) is 1.61. The molecule has 0 radical (unpaired) electrons. The SMILES string of the molecule is CO[C@H]1O[C@@H]2COCc3cccc(c3)CO[C@@H]3[C@@H](OCc4ccccc4)[C@@H](O[C@H]2[C@H](OCc2ccccc2)[C@H]1OCc1ccccc1)O[C@@H]1COCc2cccc(c2)CO[C@@H]2[C@@H](OCc4ccccc4)[C@@H](O[C@@H]31)O[C@@H]1CO[C@@H](c3ccccc3)O[C@@H]21. The Bertz CT molecular complexity index is 3170. The predicted molar refractivity (Wildman–Crippen MR) is 312 cm³/mol. The average Bonchev–Trinajstić information content (AvgIpc) is 1.04. The van der Waals surface area contributed by atoms with E-state index in [0.29, 0.717) is 0 Å². The van der Waals surface area contributed by atoms with E-state index in [1.54, 1.807) is 7.11 Å². The molecule has 0 amide bonds. The van der Waals surface area contributed by atoms with Gasteiger partial charge in [0.25, 0.3) is 0 Å². The summed E-state index contributed by atoms with van der Waals surface area (Å²) >= 11 is 0. The number of hydrogen-bond donors (Lipinski definition) is 0. The molecule has 0 unspecified atom stereocenters. The molecule has 7 aromatic carbocycles. The van der Waals surface area contributed by atoms with Crippen LogP contribution in [0.2, 0.25) is 0 Å². The van der Waals surface area contributed by atoms with Crippen LogP contribution in [0.15, 0.2) is 200 Å². The van der Waals surface area contributed by atoms with E-state index in [0.717, 1.165) is 50.1 Å². The summed E-state index contributed by atoms with van der Waals surface area (Å²) in [5.41, 5.74) is 8.39. The monoisotopic (exact) mass is 1170 g/mol. The van der Waals surface area contributed by atoms with Gasteiger partial charge < -0.3 is 75.8 Å². The normalized spacial score (nSPS) is 31.4. The van der Waals surface area contributed by atoms with Crippen molar-refractivity contribution in [2.75, 3.05) is 26.9 Å². The van der Waals surface area contributed by atoms with Crippen LogP contribution in [-0.2, 0) is 129 Å². The first kappa shape index (κ1) is 58.9. The van der Waals surface area contributed by atoms with Crippen LogP contribution in [0.1, 0.15) is 56.4 Å². The summed E-state index contributed by atoms with van der Waals surface area (Å²) in [6, 6.07) is 66.2. The van der Waals surface area contributed by atoms with E-state index >= 15 is 0 Å². The highest BCUT2D eigenvalue weighted by Gasteiger charge is 2.58. The fourth-order valence-electron chi connectivity index (χ4n) is 12.2. The Balaban J connectivity index is 0.921. The maximum atomic E-state index is 7.60. The van der Waals surface area contributed by atoms with Gasteiger partial charge in [0.05, 0.1) is 72.7 Å². The van der Waals surface area contributed by atoms with Gasteiger partial charge in [0.2, 0.25) is 0 Å². The Labute approximate surface area is 502 Å². The van der Waals surface area contributed by atoms with Gasteiger partial charge in [0, 0.05) is 12.7 Å². The number of hydrogen-bond acceptors (Lipinski definition) is 16. The maximum Gasteiger partial charge on any atom is 0.187 e. The van der Waals surface area contributed by atoms with Crippen molar-refractivity contribution in [2.45, 2.75) is 151 Å². The molecule has 0 saturated carbocycles. The second-order valence-electron chi connectivity index (χ2n) is 22.5. The second-order valence-corrected chi connectivity index (χ2v) is 22.5. The number of methoxy groups -OCH3 is 1. The third kappa shape index (κ3) is 14.4. The number of benzene rings is 7. The van der Waals surface area contributed by atoms with E-state index in [-0.39, 0.29) is 72.7 Å². The third-order valence-corrected chi connectivity index (χ3v) is 16.5. The molecule has 4 fully saturated rings. The zero-order valence-electron chi connectivity index (χ0n) is 48.1. The summed E-state index contributed by atoms with van der Waals surface area (Å²) in [6.07, 6.45) is -13.9. The molecule has 0 N–H and O–H groups in total. The van der Waals surface area contributed by atoms with Crippen molar-refractivity contribution in [1.82, 2.24) is 0 Å². The van der Waals surface area contributed by atoms with Crippen LogP contribution >= 0.6 is 0 Å². The van der Waals surface area contributed by atoms with Crippen molar-refractivity contribution in [2.24, 2.45) is 0 Å². The summed E-state index contributed by atoms with van der Waals surface area (Å²) < 4.78 is 113. The van der Waals surface area contributed by atoms with Crippen molar-refractivity contribution in [3.05, 3.63) is 250 Å². The molecule has 86 heavy (non-hydrogen) atoms. The average molecular weight is 1170 g/mol. The number of rotatable bonds is 14. The molecule has 7 aromatic rings. The van der Waals surface area contributed by atoms with Crippen molar-refractivity contribution >= 4 is 0 Å². The van der Waals surface area contributed by atoms with Crippen LogP contribution < -0.4 is 0 Å². The molecule has 0 aromatic heterocycles. The summed E-state index contributed by atoms with van der Waals surface area (Å²) in [5, 5.41) is 0. The van der Waals surface area contributed by atoms with E-state index in [9.17, 15) is 0 Å². The summed E-state index contributed by atoms with van der Waals surface area (Å²) in [6.45, 7) is 2.05. The molecule has 16 heteroatoms. The van der Waals surface area contributed by atoms with Gasteiger partial charge in [-0.15, -0.1) is 0 Å². The quantitative estimate of drug-likeness (QED) is 0.102. The smallest absolute Gasteiger partial charge is 0.187 e. The zero-order valence-corrected chi connectivity index (χ0v) is 48.1. The lowest BCUT2D eigenvalue weighted by Crippen LogP contribution is -2.68. The van der Waals surface area contributed by atoms with Crippen LogP contribution in [0.25, 0.3) is 0 Å². The molecule has 8 bridgehead atoms. The molecular weight excluding hydrogens is 1100 g/mol. The van der Waals surface area contributed by atoms with Crippen LogP contribution in [0.5, 0.6) is 0 Å². The largest absolute Gasteiger partial charge is 0.374 e. The predicted octanol–water partition coefficient (Wildman–Crippen LogP) is 10.3. The topological polar surface area (TPSA) is 148 Å². The molecule has 0 aliphatic carbocycles. The first-order valence-corrected chi connectivity index (χ1v) is 29.8. The van der Waals surface area contributed by atoms with Crippen LogP contribution in [0.3, 0.4) is 0 Å². The molecule has 16 nitrogen and oxygen atoms in total. The van der Waals surface area contributed by atoms with E-state index in [2.05, 4.69) is 12.1 Å². The van der Waals surface area contributed by atoms with Crippen molar-refractivity contribution in [3.63, 3.8) is 0 Å². The molecule has 6 aliphatic heterocycles. The van der Waals surface area contributed by atoms with E-state index < -0.39 is 98.4 Å². The Morgan fingerprint density at radius 2 is 0.733 bits per heavy atom. The third-order valence-electron chi connectivity index (χ3n) is 16.5. The van der Waals surface area contributed by atoms with Gasteiger partial charge in [-0.3, -0.25) is 0 Å². The summed E-state index contributed by atoms with van der Waals surface area (Å²) in [5.74, 6) is 0. The number of ether oxygens (including phenoxy) is 16. The summed E-state index contributed by atoms with van der Waals surface area (Å²) in [4.78, 5) is 0. The van der Waals surface area contributed by atoms with Crippen molar-refractivity contribution < 1.29 is 75.8 Å². The lowest BCUT2D eigenvalue weighted by molar-refractivity contribution is -0.405. The highest BCUT2D eigenvalue weighted by Crippen LogP contribution is 2.42. The maximum absolute atomic E-state index is 7.60. The van der Waals surface area contributed by atoms with Crippen LogP contribution in [0, 0.1) is 0 Å². The Morgan fingerprint density at radius 1 is 0.337 bits per heavy atom. The fourth-order valence-corrected chi connectivity index (χ4v) is 12.2. The zero-order chi connectivity index (χ0) is 57.9. The van der Waals surface area contributed by atoms with Crippen molar-refractivity contribution in [1.29, 1.82) is 0 Å². The lowest BCUT2D eigenvalue weighted by atomic mass is 9.94. The first-order chi connectivity index (χ1) is 42.5. The Kier molecular flexibility index (Phi) is 19.7. The highest BCUT2D eigenvalue weighted by molar-refractivity contribution is 5.25. The Hall–Kier alpha value is -6.10. The van der Waals surface area contributed by atoms with Gasteiger partial charge in [-0.2, -0.15) is 0 Å². The molecule has 450 valence electrons. The second kappa shape index (κ2) is 28.8. The fraction of sp³-hybridized carbons (Fsp3) is 0.400. The Morgan fingerprint density at radius 3 is 1.21 bits per heavy atom. The minimum Gasteiger partial charge on any atom is -0.374 e. The van der Waals surface area contributed by atoms with Crippen LogP contribution in [-0.4, -0.2) is 119 Å². The van der Waals surface area contributed by atoms with Gasteiger partial charge in [-0.1, -0.05) is 200 Å². The number of fused-ring (bicyclic) bond motifs is 13. The van der Waals surface area contributed by atoms with Gasteiger partial charge in [-0.25, -0.2) is 0 Å². The van der Waals surface area contributed by atoms with Gasteiger partial charge in [-0.05, 0) is 44.5 Å². The van der Waals surface area contributed by atoms with E-state index in [1.807, 2.05) is 188 Å². The molecular formula is C70H74O16. The molecule has 4 saturated heterocycles. The molecule has 16 atom stereocenters. The van der Waals surface area contributed by atoms with E-state index in [4.69, 9.17) is 75.8 Å². The lowest BCUT2D eigenvalue weighted by Gasteiger charge is -2.52. The highest BCUT2D eigenvalue weighted by atomic mass is 16.8. The van der Waals surface area contributed by atoms with Crippen LogP contribution in [0.4, 0.5) is 0 Å². The van der Waals surface area contributed by atoms with Crippen molar-refractivity contribution in [3.8, 4) is 0 Å². The standard InChI is InChI=1S/C70H74O16/c1-71-68-64(77-38-47-21-9-3-10-22-47)61(74-37-46-19-7-2-8-20-46)58-55(81-68)43-72-35-50-27-17-29-52(33-50)41-75-62-59-56(82-69(85-58)65(62)78-39-48-23-11-4-12-24-48)44-73-36-51-28-18-30-53(34-51)42-76-63-60-57(45-80-67(84-60)54-31-15-6-16-32-54)83-70(86-59)66(63)79-40-49-25-13-5-14-26-49/h2-34,55-70H,35-45H2,1H3/t55-,56-,57-,58-,59-,60-,61+,62+,63+,64-,65-,66-,67-,68+,69-,70-/m1/s1.